The second-order valence-electron chi connectivity index (χ2n) is 5.69. The van der Waals surface area contributed by atoms with Crippen LogP contribution in [0, 0.1) is 17.0 Å². The Morgan fingerprint density at radius 2 is 2.00 bits per heavy atom. The Balaban J connectivity index is 1.73. The Labute approximate surface area is 169 Å². The number of nitro benzene ring substituents is 1. The smallest absolute Gasteiger partial charge is 0.412 e. The predicted molar refractivity (Wildman–Crippen MR) is 104 cm³/mol. The molecule has 0 saturated heterocycles. The van der Waals surface area contributed by atoms with Gasteiger partial charge in [0.15, 0.2) is 5.76 Å². The molecule has 0 fully saturated rings. The zero-order valence-electron chi connectivity index (χ0n) is 14.4. The van der Waals surface area contributed by atoms with Crippen LogP contribution in [0.15, 0.2) is 47.0 Å². The van der Waals surface area contributed by atoms with Crippen molar-refractivity contribution in [1.29, 1.82) is 0 Å². The molecule has 8 nitrogen and oxygen atoms in total. The summed E-state index contributed by atoms with van der Waals surface area (Å²) in [5.41, 5.74) is 1.42. The van der Waals surface area contributed by atoms with Gasteiger partial charge in [0.05, 0.1) is 9.95 Å². The highest BCUT2D eigenvalue weighted by Crippen LogP contribution is 2.34. The third-order valence-electron chi connectivity index (χ3n) is 3.80. The first-order chi connectivity index (χ1) is 13.4. The second-order valence-corrected chi connectivity index (χ2v) is 6.50. The minimum atomic E-state index is -0.780. The van der Waals surface area contributed by atoms with Gasteiger partial charge in [0.25, 0.3) is 5.69 Å². The Morgan fingerprint density at radius 3 is 2.71 bits per heavy atom. The van der Waals surface area contributed by atoms with Crippen molar-refractivity contribution < 1.29 is 19.0 Å². The molecule has 0 bridgehead atoms. The van der Waals surface area contributed by atoms with Crippen LogP contribution in [0.3, 0.4) is 0 Å². The first kappa shape index (κ1) is 19.7. The largest absolute Gasteiger partial charge is 0.444 e. The summed E-state index contributed by atoms with van der Waals surface area (Å²) < 4.78 is 10.3. The summed E-state index contributed by atoms with van der Waals surface area (Å²) in [4.78, 5) is 22.5. The fourth-order valence-electron chi connectivity index (χ4n) is 2.43. The number of ether oxygens (including phenoxy) is 1. The molecule has 2 aromatic carbocycles. The van der Waals surface area contributed by atoms with Gasteiger partial charge in [0.2, 0.25) is 0 Å². The molecule has 1 amide bonds. The van der Waals surface area contributed by atoms with E-state index < -0.39 is 11.0 Å². The number of nitro groups is 1. The monoisotopic (exact) mass is 421 g/mol. The highest BCUT2D eigenvalue weighted by atomic mass is 35.5. The highest BCUT2D eigenvalue weighted by Gasteiger charge is 2.20. The maximum Gasteiger partial charge on any atom is 0.412 e. The van der Waals surface area contributed by atoms with Crippen molar-refractivity contribution in [2.45, 2.75) is 13.5 Å². The van der Waals surface area contributed by atoms with Gasteiger partial charge in [-0.1, -0.05) is 52.6 Å². The van der Waals surface area contributed by atoms with Crippen molar-refractivity contribution >= 4 is 40.7 Å². The lowest BCUT2D eigenvalue weighted by atomic mass is 10.1. The predicted octanol–water partition coefficient (Wildman–Crippen LogP) is 5.61. The van der Waals surface area contributed by atoms with E-state index in [1.807, 2.05) is 0 Å². The van der Waals surface area contributed by atoms with Gasteiger partial charge in [-0.2, -0.15) is 0 Å². The van der Waals surface area contributed by atoms with E-state index in [1.165, 1.54) is 18.2 Å². The Kier molecular flexibility index (Phi) is 5.81. The molecule has 0 saturated carbocycles. The van der Waals surface area contributed by atoms with Gasteiger partial charge in [-0.05, 0) is 24.6 Å². The molecule has 0 atom stereocenters. The van der Waals surface area contributed by atoms with E-state index in [4.69, 9.17) is 32.5 Å². The summed E-state index contributed by atoms with van der Waals surface area (Å²) >= 11 is 11.9. The van der Waals surface area contributed by atoms with Crippen molar-refractivity contribution in [2.75, 3.05) is 5.32 Å². The van der Waals surface area contributed by atoms with E-state index in [1.54, 1.807) is 31.2 Å². The molecule has 3 rings (SSSR count). The maximum atomic E-state index is 12.2. The molecule has 0 unspecified atom stereocenters. The summed E-state index contributed by atoms with van der Waals surface area (Å²) in [6.45, 7) is 1.45. The molecule has 1 heterocycles. The number of halogens is 2. The van der Waals surface area contributed by atoms with Gasteiger partial charge >= 0.3 is 6.09 Å². The first-order valence-electron chi connectivity index (χ1n) is 7.94. The standard InChI is InChI=1S/C18H13Cl2N3O5/c1-10-16(17(22-28-10)12-4-2-3-5-13(12)19)21-18(24)27-9-11-6-7-14(20)15(8-11)23(25)26/h2-8H,9H2,1H3,(H,21,24). The molecule has 1 N–H and O–H groups in total. The number of aromatic nitrogens is 1. The summed E-state index contributed by atoms with van der Waals surface area (Å²) in [7, 11) is 0. The summed E-state index contributed by atoms with van der Waals surface area (Å²) in [6, 6.07) is 11.1. The van der Waals surface area contributed by atoms with Gasteiger partial charge in [0, 0.05) is 11.6 Å². The summed E-state index contributed by atoms with van der Waals surface area (Å²) in [5.74, 6) is 0.369. The van der Waals surface area contributed by atoms with Crippen LogP contribution < -0.4 is 5.32 Å². The number of carbonyl (C=O) groups excluding carboxylic acids is 1. The minimum Gasteiger partial charge on any atom is -0.444 e. The molecule has 1 aromatic heterocycles. The number of benzene rings is 2. The first-order valence-corrected chi connectivity index (χ1v) is 8.70. The number of amides is 1. The Morgan fingerprint density at radius 1 is 1.25 bits per heavy atom. The van der Waals surface area contributed by atoms with E-state index in [2.05, 4.69) is 10.5 Å². The topological polar surface area (TPSA) is 108 Å². The SMILES string of the molecule is Cc1onc(-c2ccccc2Cl)c1NC(=O)OCc1ccc(Cl)c([N+](=O)[O-])c1. The molecule has 10 heteroatoms. The fourth-order valence-corrected chi connectivity index (χ4v) is 2.84. The van der Waals surface area contributed by atoms with E-state index in [0.717, 1.165) is 0 Å². The molecule has 144 valence electrons. The van der Waals surface area contributed by atoms with E-state index in [9.17, 15) is 14.9 Å². The van der Waals surface area contributed by atoms with Crippen molar-refractivity contribution in [1.82, 2.24) is 5.16 Å². The molecule has 28 heavy (non-hydrogen) atoms. The number of rotatable bonds is 5. The average molecular weight is 422 g/mol. The number of nitrogens with zero attached hydrogens (tertiary/aromatic N) is 2. The molecule has 0 aliphatic heterocycles. The van der Waals surface area contributed by atoms with Crippen LogP contribution in [-0.4, -0.2) is 16.2 Å². The molecule has 0 radical (unpaired) electrons. The van der Waals surface area contributed by atoms with Crippen molar-refractivity contribution in [3.8, 4) is 11.3 Å². The van der Waals surface area contributed by atoms with Gasteiger partial charge < -0.3 is 9.26 Å². The quantitative estimate of drug-likeness (QED) is 0.423. The Bertz CT molecular complexity index is 1050. The number of nitrogens with one attached hydrogen (secondary N) is 1. The maximum absolute atomic E-state index is 12.2. The van der Waals surface area contributed by atoms with Gasteiger partial charge in [0.1, 0.15) is 23.0 Å². The average Bonchev–Trinajstić information content (AvgIpc) is 3.01. The molecule has 0 spiro atoms. The normalized spacial score (nSPS) is 10.5. The zero-order valence-corrected chi connectivity index (χ0v) is 16.0. The zero-order chi connectivity index (χ0) is 20.3. The molecular weight excluding hydrogens is 409 g/mol. The van der Waals surface area contributed by atoms with Crippen molar-refractivity contribution in [2.24, 2.45) is 0 Å². The fraction of sp³-hybridized carbons (Fsp3) is 0.111. The van der Waals surface area contributed by atoms with E-state index >= 15 is 0 Å². The lowest BCUT2D eigenvalue weighted by Gasteiger charge is -2.08. The van der Waals surface area contributed by atoms with Crippen LogP contribution in [0.4, 0.5) is 16.2 Å². The van der Waals surface area contributed by atoms with Crippen LogP contribution >= 0.6 is 23.2 Å². The van der Waals surface area contributed by atoms with Crippen LogP contribution in [0.2, 0.25) is 10.0 Å². The van der Waals surface area contributed by atoms with Crippen molar-refractivity contribution in [3.05, 3.63) is 73.9 Å². The number of hydrogen-bond donors (Lipinski definition) is 1. The number of aryl methyl sites for hydroxylation is 1. The van der Waals surface area contributed by atoms with Crippen LogP contribution in [0.5, 0.6) is 0 Å². The van der Waals surface area contributed by atoms with E-state index in [-0.39, 0.29) is 17.3 Å². The van der Waals surface area contributed by atoms with Crippen LogP contribution in [0.25, 0.3) is 11.3 Å². The van der Waals surface area contributed by atoms with Crippen LogP contribution in [0.1, 0.15) is 11.3 Å². The summed E-state index contributed by atoms with van der Waals surface area (Å²) in [6.07, 6.45) is -0.780. The lowest BCUT2D eigenvalue weighted by Crippen LogP contribution is -2.14. The number of carbonyl (C=O) groups is 1. The van der Waals surface area contributed by atoms with Gasteiger partial charge in [-0.25, -0.2) is 4.79 Å². The molecule has 0 aliphatic carbocycles. The molecule has 3 aromatic rings. The highest BCUT2D eigenvalue weighted by molar-refractivity contribution is 6.33. The molecular formula is C18H13Cl2N3O5. The third-order valence-corrected chi connectivity index (χ3v) is 4.45. The summed E-state index contributed by atoms with van der Waals surface area (Å²) in [5, 5.41) is 17.9. The van der Waals surface area contributed by atoms with Crippen LogP contribution in [-0.2, 0) is 11.3 Å². The number of anilines is 1. The Hall–Kier alpha value is -3.10. The third kappa shape index (κ3) is 4.24. The molecule has 0 aliphatic rings. The second kappa shape index (κ2) is 8.28. The van der Waals surface area contributed by atoms with Crippen molar-refractivity contribution in [3.63, 3.8) is 0 Å². The van der Waals surface area contributed by atoms with E-state index in [0.29, 0.717) is 33.3 Å². The van der Waals surface area contributed by atoms with Gasteiger partial charge in [-0.15, -0.1) is 0 Å². The minimum absolute atomic E-state index is 0.00248. The van der Waals surface area contributed by atoms with Gasteiger partial charge in [-0.3, -0.25) is 15.4 Å². The lowest BCUT2D eigenvalue weighted by molar-refractivity contribution is -0.384. The number of hydrogen-bond acceptors (Lipinski definition) is 6.